The summed E-state index contributed by atoms with van der Waals surface area (Å²) in [5.41, 5.74) is 0.366. The van der Waals surface area contributed by atoms with Crippen LogP contribution >= 0.6 is 23.2 Å². The second kappa shape index (κ2) is 3.28. The van der Waals surface area contributed by atoms with Crippen LogP contribution < -0.4 is 5.32 Å². The van der Waals surface area contributed by atoms with Crippen molar-refractivity contribution in [2.24, 2.45) is 5.41 Å². The van der Waals surface area contributed by atoms with Gasteiger partial charge in [-0.15, -0.1) is 0 Å². The van der Waals surface area contributed by atoms with E-state index >= 15 is 0 Å². The minimum atomic E-state index is 0.366. The van der Waals surface area contributed by atoms with E-state index in [9.17, 15) is 0 Å². The predicted molar refractivity (Wildman–Crippen MR) is 60.1 cm³/mol. The molecule has 0 bridgehead atoms. The van der Waals surface area contributed by atoms with Gasteiger partial charge in [0.1, 0.15) is 5.82 Å². The molecule has 1 aromatic heterocycles. The van der Waals surface area contributed by atoms with Crippen molar-refractivity contribution in [2.45, 2.75) is 26.3 Å². The molecule has 1 heterocycles. The van der Waals surface area contributed by atoms with Crippen molar-refractivity contribution in [1.82, 2.24) is 4.98 Å². The van der Waals surface area contributed by atoms with Crippen molar-refractivity contribution in [2.75, 3.05) is 5.32 Å². The maximum absolute atomic E-state index is 5.99. The van der Waals surface area contributed by atoms with E-state index in [0.29, 0.717) is 21.5 Å². The molecule has 1 atom stereocenters. The Hall–Kier alpha value is -0.470. The third-order valence-electron chi connectivity index (χ3n) is 2.63. The number of nitrogens with zero attached hydrogens (tertiary/aromatic N) is 1. The third kappa shape index (κ3) is 1.96. The largest absolute Gasteiger partial charge is 0.366 e. The van der Waals surface area contributed by atoms with Crippen LogP contribution in [-0.4, -0.2) is 11.0 Å². The van der Waals surface area contributed by atoms with Crippen molar-refractivity contribution >= 4 is 29.0 Å². The average molecular weight is 231 g/mol. The summed E-state index contributed by atoms with van der Waals surface area (Å²) in [5, 5.41) is 4.45. The van der Waals surface area contributed by atoms with Gasteiger partial charge in [0.25, 0.3) is 0 Å². The molecule has 1 unspecified atom stereocenters. The SMILES string of the molecule is CC1(C)CC1Nc1ncc(Cl)cc1Cl. The first-order valence-corrected chi connectivity index (χ1v) is 5.32. The molecule has 1 fully saturated rings. The van der Waals surface area contributed by atoms with E-state index in [2.05, 4.69) is 24.1 Å². The van der Waals surface area contributed by atoms with Crippen LogP contribution in [-0.2, 0) is 0 Å². The highest BCUT2D eigenvalue weighted by Gasteiger charge is 2.46. The molecule has 14 heavy (non-hydrogen) atoms. The Labute approximate surface area is 93.6 Å². The molecule has 76 valence electrons. The molecule has 1 aliphatic rings. The van der Waals surface area contributed by atoms with Crippen LogP contribution in [0.1, 0.15) is 20.3 Å². The highest BCUT2D eigenvalue weighted by molar-refractivity contribution is 6.35. The van der Waals surface area contributed by atoms with Gasteiger partial charge in [0.15, 0.2) is 0 Å². The van der Waals surface area contributed by atoms with Crippen LogP contribution in [0.25, 0.3) is 0 Å². The summed E-state index contributed by atoms with van der Waals surface area (Å²) >= 11 is 11.7. The zero-order valence-electron chi connectivity index (χ0n) is 8.14. The Kier molecular flexibility index (Phi) is 2.36. The summed E-state index contributed by atoms with van der Waals surface area (Å²) in [6.07, 6.45) is 2.76. The lowest BCUT2D eigenvalue weighted by molar-refractivity contribution is 0.630. The lowest BCUT2D eigenvalue weighted by Crippen LogP contribution is -2.09. The van der Waals surface area contributed by atoms with Crippen LogP contribution in [0.4, 0.5) is 5.82 Å². The molecule has 0 radical (unpaired) electrons. The van der Waals surface area contributed by atoms with E-state index < -0.39 is 0 Å². The fourth-order valence-electron chi connectivity index (χ4n) is 1.40. The lowest BCUT2D eigenvalue weighted by atomic mass is 10.2. The van der Waals surface area contributed by atoms with Gasteiger partial charge in [-0.25, -0.2) is 4.98 Å². The molecular weight excluding hydrogens is 219 g/mol. The standard InChI is InChI=1S/C10H12Cl2N2/c1-10(2)4-8(10)14-9-7(12)3-6(11)5-13-9/h3,5,8H,4H2,1-2H3,(H,13,14). The number of pyridine rings is 1. The maximum Gasteiger partial charge on any atom is 0.145 e. The second-order valence-corrected chi connectivity index (χ2v) is 5.22. The van der Waals surface area contributed by atoms with Gasteiger partial charge in [0, 0.05) is 12.2 Å². The zero-order valence-corrected chi connectivity index (χ0v) is 9.65. The van der Waals surface area contributed by atoms with Gasteiger partial charge in [-0.1, -0.05) is 37.0 Å². The summed E-state index contributed by atoms with van der Waals surface area (Å²) in [5.74, 6) is 0.728. The summed E-state index contributed by atoms with van der Waals surface area (Å²) in [7, 11) is 0. The average Bonchev–Trinajstić information content (AvgIpc) is 2.65. The van der Waals surface area contributed by atoms with Gasteiger partial charge < -0.3 is 5.32 Å². The minimum absolute atomic E-state index is 0.366. The Morgan fingerprint density at radius 1 is 1.50 bits per heavy atom. The molecular formula is C10H12Cl2N2. The summed E-state index contributed by atoms with van der Waals surface area (Å²) in [6.45, 7) is 4.43. The highest BCUT2D eigenvalue weighted by Crippen LogP contribution is 2.46. The first-order valence-electron chi connectivity index (χ1n) is 4.56. The molecule has 1 N–H and O–H groups in total. The topological polar surface area (TPSA) is 24.9 Å². The van der Waals surface area contributed by atoms with Crippen LogP contribution in [0.3, 0.4) is 0 Å². The van der Waals surface area contributed by atoms with Crippen molar-refractivity contribution < 1.29 is 0 Å². The predicted octanol–water partition coefficient (Wildman–Crippen LogP) is 3.60. The zero-order chi connectivity index (χ0) is 10.3. The maximum atomic E-state index is 5.99. The number of rotatable bonds is 2. The fourth-order valence-corrected chi connectivity index (χ4v) is 1.83. The Morgan fingerprint density at radius 2 is 2.14 bits per heavy atom. The van der Waals surface area contributed by atoms with Gasteiger partial charge in [-0.05, 0) is 17.9 Å². The smallest absolute Gasteiger partial charge is 0.145 e. The normalized spacial score (nSPS) is 23.3. The lowest BCUT2D eigenvalue weighted by Gasteiger charge is -2.08. The van der Waals surface area contributed by atoms with Crippen molar-refractivity contribution in [1.29, 1.82) is 0 Å². The molecule has 0 aromatic carbocycles. The Bertz CT molecular complexity index is 363. The van der Waals surface area contributed by atoms with E-state index in [1.54, 1.807) is 12.3 Å². The number of halogens is 2. The summed E-state index contributed by atoms with van der Waals surface area (Å²) in [6, 6.07) is 2.18. The molecule has 2 nitrogen and oxygen atoms in total. The Morgan fingerprint density at radius 3 is 2.64 bits per heavy atom. The van der Waals surface area contributed by atoms with Crippen molar-refractivity contribution in [3.63, 3.8) is 0 Å². The molecule has 2 rings (SSSR count). The molecule has 0 spiro atoms. The molecule has 1 aliphatic carbocycles. The van der Waals surface area contributed by atoms with Gasteiger partial charge >= 0.3 is 0 Å². The Balaban J connectivity index is 2.11. The number of anilines is 1. The van der Waals surface area contributed by atoms with Gasteiger partial charge in [-0.2, -0.15) is 0 Å². The number of hydrogen-bond donors (Lipinski definition) is 1. The molecule has 1 saturated carbocycles. The first kappa shape index (κ1) is 10.1. The first-order chi connectivity index (χ1) is 6.49. The van der Waals surface area contributed by atoms with Crippen LogP contribution in [0.2, 0.25) is 10.0 Å². The fraction of sp³-hybridized carbons (Fsp3) is 0.500. The number of nitrogens with one attached hydrogen (secondary N) is 1. The summed E-state index contributed by atoms with van der Waals surface area (Å²) in [4.78, 5) is 4.15. The molecule has 4 heteroatoms. The van der Waals surface area contributed by atoms with Crippen LogP contribution in [0.5, 0.6) is 0 Å². The molecule has 0 aliphatic heterocycles. The minimum Gasteiger partial charge on any atom is -0.366 e. The monoisotopic (exact) mass is 230 g/mol. The van der Waals surface area contributed by atoms with E-state index in [-0.39, 0.29) is 0 Å². The number of aromatic nitrogens is 1. The quantitative estimate of drug-likeness (QED) is 0.841. The summed E-state index contributed by atoms with van der Waals surface area (Å²) < 4.78 is 0. The third-order valence-corrected chi connectivity index (χ3v) is 3.13. The van der Waals surface area contributed by atoms with Crippen molar-refractivity contribution in [3.05, 3.63) is 22.3 Å². The number of hydrogen-bond acceptors (Lipinski definition) is 2. The van der Waals surface area contributed by atoms with E-state index in [1.807, 2.05) is 0 Å². The van der Waals surface area contributed by atoms with Gasteiger partial charge in [0.2, 0.25) is 0 Å². The van der Waals surface area contributed by atoms with Crippen LogP contribution in [0.15, 0.2) is 12.3 Å². The molecule has 0 saturated heterocycles. The molecule has 1 aromatic rings. The van der Waals surface area contributed by atoms with Crippen LogP contribution in [0, 0.1) is 5.41 Å². The van der Waals surface area contributed by atoms with Gasteiger partial charge in [0.05, 0.1) is 10.0 Å². The van der Waals surface area contributed by atoms with E-state index in [0.717, 1.165) is 12.2 Å². The second-order valence-electron chi connectivity index (χ2n) is 4.37. The highest BCUT2D eigenvalue weighted by atomic mass is 35.5. The van der Waals surface area contributed by atoms with E-state index in [1.165, 1.54) is 0 Å². The van der Waals surface area contributed by atoms with Crippen molar-refractivity contribution in [3.8, 4) is 0 Å². The molecule has 0 amide bonds. The van der Waals surface area contributed by atoms with Gasteiger partial charge in [-0.3, -0.25) is 0 Å². The van der Waals surface area contributed by atoms with E-state index in [4.69, 9.17) is 23.2 Å².